The molecule has 1 unspecified atom stereocenters. The summed E-state index contributed by atoms with van der Waals surface area (Å²) in [5, 5.41) is 28.7. The monoisotopic (exact) mass is 1140 g/mol. The van der Waals surface area contributed by atoms with Gasteiger partial charge in [-0.2, -0.15) is 44.6 Å². The second kappa shape index (κ2) is 24.9. The van der Waals surface area contributed by atoms with Gasteiger partial charge in [-0.3, -0.25) is 9.11 Å². The number of pyridine rings is 1. The van der Waals surface area contributed by atoms with Crippen LogP contribution in [0.2, 0.25) is 0 Å². The number of hydrogen-bond donors (Lipinski definition) is 1. The van der Waals surface area contributed by atoms with E-state index in [9.17, 15) is 40.0 Å². The number of hydrogen-bond acceptors (Lipinski definition) is 19. The molecule has 0 amide bonds. The quantitative estimate of drug-likeness (QED) is 0.0498. The third kappa shape index (κ3) is 13.2. The molecule has 1 N–H and O–H groups in total. The van der Waals surface area contributed by atoms with E-state index in [1.54, 1.807) is 62.1 Å². The molecule has 4 aromatic heterocycles. The van der Waals surface area contributed by atoms with Crippen LogP contribution in [0.25, 0.3) is 25.6 Å². The van der Waals surface area contributed by atoms with E-state index in [0.717, 1.165) is 16.0 Å². The standard InChI is InChI=1S/C46H43N10O8S5.2K.2Na/c1-22-17-25(4)39(68(59,60)61)27(6)36(22)51-42-37(52-53-43-30(21-47)41(46(8,9)10)54-56(43)45-49-31-13-11-12-14-33(31)65-45)23(2)19-35(50-42)55(38-24(3)18-26(5)40(28(38)7)69(62,63)64)44-48-32-16-15-29(67(57)58)20-34(32)66-44;;;;/h11,13-20H,1-10H3,(H,50,51)(H,57,58)(H,59,60,61)(H,62,63,64);;;;/q-1;4*+1/p-3. The van der Waals surface area contributed by atoms with E-state index in [0.29, 0.717) is 43.2 Å². The molecule has 0 aliphatic carbocycles. The van der Waals surface area contributed by atoms with Gasteiger partial charge in [0.2, 0.25) is 0 Å². The zero-order valence-corrected chi connectivity index (χ0v) is 56.9. The molecule has 0 spiro atoms. The van der Waals surface area contributed by atoms with Gasteiger partial charge < -0.3 is 19.0 Å². The van der Waals surface area contributed by atoms with E-state index in [1.807, 2.05) is 20.8 Å². The molecule has 73 heavy (non-hydrogen) atoms. The molecule has 18 nitrogen and oxygen atoms in total. The summed E-state index contributed by atoms with van der Waals surface area (Å²) in [5.41, 5.74) is 3.55. The van der Waals surface area contributed by atoms with Crippen LogP contribution in [-0.4, -0.2) is 59.4 Å². The van der Waals surface area contributed by atoms with Crippen molar-refractivity contribution in [2.24, 2.45) is 10.2 Å². The molecule has 0 saturated carbocycles. The Morgan fingerprint density at radius 3 is 2.00 bits per heavy atom. The molecule has 0 bridgehead atoms. The molecule has 27 heteroatoms. The van der Waals surface area contributed by atoms with Gasteiger partial charge in [0.05, 0.1) is 31.4 Å². The number of nitrogens with one attached hydrogen (secondary N) is 1. The molecular weight excluding hydrogens is 1110 g/mol. The SMILES string of the molecule is Cc1cc(N(c2nc3ccc(S(=O)[O-])cc3s2)c2c(C)cc(C)c(S(=O)(=O)[O-])c2C)nc(Nc2c(C)cc(C)c(S(=O)(=O)[O-])c2C)c1N=Nc1c(C#N)c(C(C)(C)C)nn1-c1nc2cc[c-]cc2s1.[K+].[K+].[Na+].[Na+]. The minimum absolute atomic E-state index is 0. The fraction of sp³-hybridized carbons (Fsp3) is 0.239. The molecule has 4 heterocycles. The summed E-state index contributed by atoms with van der Waals surface area (Å²) in [6.45, 7) is 16.8. The van der Waals surface area contributed by atoms with E-state index in [4.69, 9.17) is 25.2 Å². The summed E-state index contributed by atoms with van der Waals surface area (Å²) < 4.78 is 103. The molecule has 0 radical (unpaired) electrons. The van der Waals surface area contributed by atoms with Gasteiger partial charge in [0.1, 0.15) is 43.4 Å². The van der Waals surface area contributed by atoms with Crippen molar-refractivity contribution in [2.45, 2.75) is 89.3 Å². The number of azo groups is 1. The summed E-state index contributed by atoms with van der Waals surface area (Å²) in [4.78, 5) is 15.3. The van der Waals surface area contributed by atoms with Gasteiger partial charge in [-0.05, 0) is 128 Å². The van der Waals surface area contributed by atoms with E-state index in [1.165, 1.54) is 61.9 Å². The molecule has 0 aliphatic heterocycles. The molecule has 0 saturated heterocycles. The molecule has 0 aliphatic rings. The van der Waals surface area contributed by atoms with Gasteiger partial charge in [-0.1, -0.05) is 48.9 Å². The van der Waals surface area contributed by atoms with Crippen LogP contribution in [-0.2, 0) is 36.7 Å². The molecule has 1 atom stereocenters. The number of nitriles is 1. The van der Waals surface area contributed by atoms with Crippen LogP contribution in [0, 0.1) is 65.9 Å². The Morgan fingerprint density at radius 2 is 1.41 bits per heavy atom. The number of nitrogens with zero attached hydrogens (tertiary/aromatic N) is 9. The van der Waals surface area contributed by atoms with Gasteiger partial charge in [-0.15, -0.1) is 16.3 Å². The van der Waals surface area contributed by atoms with E-state index < -0.39 is 46.5 Å². The van der Waals surface area contributed by atoms with Crippen LogP contribution in [0.3, 0.4) is 0 Å². The molecule has 356 valence electrons. The average molecular weight is 1150 g/mol. The first-order valence-electron chi connectivity index (χ1n) is 20.7. The van der Waals surface area contributed by atoms with Crippen molar-refractivity contribution in [2.75, 3.05) is 10.2 Å². The second-order valence-corrected chi connectivity index (χ2v) is 22.9. The summed E-state index contributed by atoms with van der Waals surface area (Å²) in [6.07, 6.45) is 0. The predicted molar refractivity (Wildman–Crippen MR) is 261 cm³/mol. The van der Waals surface area contributed by atoms with Crippen molar-refractivity contribution in [3.8, 4) is 11.2 Å². The minimum atomic E-state index is -5.05. The maximum absolute atomic E-state index is 12.9. The van der Waals surface area contributed by atoms with Crippen molar-refractivity contribution in [1.29, 1.82) is 5.26 Å². The zero-order chi connectivity index (χ0) is 50.2. The Morgan fingerprint density at radius 1 is 0.795 bits per heavy atom. The van der Waals surface area contributed by atoms with Crippen molar-refractivity contribution in [3.63, 3.8) is 0 Å². The van der Waals surface area contributed by atoms with Crippen LogP contribution in [0.4, 0.5) is 39.6 Å². The third-order valence-corrected chi connectivity index (χ3v) is 16.1. The molecule has 0 fully saturated rings. The Labute approximate surface area is 562 Å². The predicted octanol–water partition coefficient (Wildman–Crippen LogP) is -1.69. The van der Waals surface area contributed by atoms with Gasteiger partial charge >= 0.3 is 162 Å². The summed E-state index contributed by atoms with van der Waals surface area (Å²) >= 11 is -0.195. The fourth-order valence-corrected chi connectivity index (χ4v) is 12.6. The van der Waals surface area contributed by atoms with E-state index in [2.05, 4.69) is 22.6 Å². The molecule has 4 aromatic carbocycles. The van der Waals surface area contributed by atoms with Crippen molar-refractivity contribution >= 4 is 114 Å². The Bertz CT molecular complexity index is 3780. The smallest absolute Gasteiger partial charge is 0.768 e. The summed E-state index contributed by atoms with van der Waals surface area (Å²) in [7, 11) is -10.0. The fourth-order valence-electron chi connectivity index (χ4n) is 8.38. The summed E-state index contributed by atoms with van der Waals surface area (Å²) in [6, 6.07) is 19.7. The normalized spacial score (nSPS) is 12.2. The second-order valence-electron chi connectivity index (χ2n) is 17.3. The Balaban J connectivity index is 0.00000289. The van der Waals surface area contributed by atoms with Gasteiger partial charge in [-0.25, -0.2) is 31.8 Å². The largest absolute Gasteiger partial charge is 1.00 e. The topological polar surface area (TPSA) is 275 Å². The van der Waals surface area contributed by atoms with Crippen LogP contribution in [0.5, 0.6) is 0 Å². The molecular formula is C46H40K2N10Na2O8S5. The van der Waals surface area contributed by atoms with Crippen LogP contribution < -0.4 is 172 Å². The Kier molecular flexibility index (Phi) is 22.0. The van der Waals surface area contributed by atoms with Crippen LogP contribution >= 0.6 is 22.7 Å². The Hall–Kier alpha value is -1.09. The van der Waals surface area contributed by atoms with Crippen LogP contribution in [0.1, 0.15) is 71.0 Å². The number of aromatic nitrogens is 5. The van der Waals surface area contributed by atoms with Gasteiger partial charge in [0, 0.05) is 16.0 Å². The van der Waals surface area contributed by atoms with E-state index >= 15 is 0 Å². The van der Waals surface area contributed by atoms with E-state index in [-0.39, 0.29) is 234 Å². The van der Waals surface area contributed by atoms with Gasteiger partial charge in [0.25, 0.3) is 0 Å². The number of thiazole rings is 2. The van der Waals surface area contributed by atoms with Crippen molar-refractivity contribution < 1.29 is 197 Å². The first kappa shape index (κ1) is 64.4. The molecule has 8 rings (SSSR count). The number of anilines is 5. The number of rotatable bonds is 11. The van der Waals surface area contributed by atoms with Gasteiger partial charge in [0.15, 0.2) is 21.9 Å². The third-order valence-electron chi connectivity index (χ3n) is 11.2. The van der Waals surface area contributed by atoms with Crippen LogP contribution in [0.15, 0.2) is 79.5 Å². The average Bonchev–Trinajstić information content (AvgIpc) is 3.96. The maximum Gasteiger partial charge on any atom is 1.00 e. The minimum Gasteiger partial charge on any atom is -0.768 e. The van der Waals surface area contributed by atoms with Crippen molar-refractivity contribution in [3.05, 3.63) is 111 Å². The first-order valence-corrected chi connectivity index (χ1v) is 26.2. The maximum atomic E-state index is 12.9. The summed E-state index contributed by atoms with van der Waals surface area (Å²) in [5.74, 6) is 0.102. The zero-order valence-electron chi connectivity index (χ0n) is 42.5. The number of fused-ring (bicyclic) bond motifs is 2. The molecule has 8 aromatic rings. The number of aryl methyl sites for hydroxylation is 5. The first-order chi connectivity index (χ1) is 32.3. The van der Waals surface area contributed by atoms with Crippen molar-refractivity contribution in [1.82, 2.24) is 24.7 Å². The number of benzene rings is 4.